The van der Waals surface area contributed by atoms with E-state index in [0.29, 0.717) is 16.6 Å². The van der Waals surface area contributed by atoms with Gasteiger partial charge in [-0.3, -0.25) is 4.79 Å². The second-order valence-electron chi connectivity index (χ2n) is 2.90. The Morgan fingerprint density at radius 2 is 2.29 bits per heavy atom. The second-order valence-corrected chi connectivity index (χ2v) is 4.62. The van der Waals surface area contributed by atoms with Crippen molar-refractivity contribution in [1.82, 2.24) is 0 Å². The molecule has 0 aliphatic rings. The fraction of sp³-hybridized carbons (Fsp3) is 0.300. The fourth-order valence-corrected chi connectivity index (χ4v) is 1.94. The van der Waals surface area contributed by atoms with Crippen molar-refractivity contribution in [3.8, 4) is 0 Å². The normalized spacial score (nSPS) is 10.2. The van der Waals surface area contributed by atoms with Crippen molar-refractivity contribution in [2.45, 2.75) is 6.42 Å². The van der Waals surface area contributed by atoms with Crippen LogP contribution in [-0.2, 0) is 11.2 Å². The van der Waals surface area contributed by atoms with Gasteiger partial charge < -0.3 is 0 Å². The van der Waals surface area contributed by atoms with Crippen LogP contribution in [0.1, 0.15) is 5.56 Å². The summed E-state index contributed by atoms with van der Waals surface area (Å²) >= 11 is 4.58. The molecule has 0 aliphatic heterocycles. The number of rotatable bonds is 4. The van der Waals surface area contributed by atoms with Gasteiger partial charge >= 0.3 is 0 Å². The van der Waals surface area contributed by atoms with Crippen LogP contribution < -0.4 is 0 Å². The smallest absolute Gasteiger partial charge is 0.147 e. The molecule has 0 unspecified atom stereocenters. The van der Waals surface area contributed by atoms with Crippen LogP contribution in [0.4, 0.5) is 4.39 Å². The molecule has 1 nitrogen and oxygen atoms in total. The summed E-state index contributed by atoms with van der Waals surface area (Å²) in [7, 11) is 0. The lowest BCUT2D eigenvalue weighted by molar-refractivity contribution is -0.115. The largest absolute Gasteiger partial charge is 0.298 e. The number of Topliss-reactive ketones (excluding diaryl/α,β-unsaturated/α-hetero) is 1. The molecule has 4 heteroatoms. The highest BCUT2D eigenvalue weighted by Crippen LogP contribution is 2.17. The fourth-order valence-electron chi connectivity index (χ4n) is 1.09. The molecule has 0 aliphatic carbocycles. The van der Waals surface area contributed by atoms with Crippen molar-refractivity contribution < 1.29 is 9.18 Å². The number of ketones is 1. The number of carbonyl (C=O) groups excluding carboxylic acids is 1. The third-order valence-electron chi connectivity index (χ3n) is 1.69. The zero-order chi connectivity index (χ0) is 10.6. The Morgan fingerprint density at radius 1 is 1.57 bits per heavy atom. The lowest BCUT2D eigenvalue weighted by Crippen LogP contribution is -2.05. The minimum absolute atomic E-state index is 0.163. The molecule has 0 saturated heterocycles. The van der Waals surface area contributed by atoms with E-state index in [2.05, 4.69) is 15.9 Å². The van der Waals surface area contributed by atoms with Gasteiger partial charge in [0.25, 0.3) is 0 Å². The monoisotopic (exact) mass is 276 g/mol. The average molecular weight is 277 g/mol. The summed E-state index contributed by atoms with van der Waals surface area (Å²) < 4.78 is 13.3. The molecule has 0 heterocycles. The first-order valence-corrected chi connectivity index (χ1v) is 6.26. The third kappa shape index (κ3) is 3.42. The number of hydrogen-bond donors (Lipinski definition) is 0. The average Bonchev–Trinajstić information content (AvgIpc) is 2.12. The topological polar surface area (TPSA) is 17.1 Å². The first-order chi connectivity index (χ1) is 6.63. The van der Waals surface area contributed by atoms with Gasteiger partial charge in [0.1, 0.15) is 11.6 Å². The standard InChI is InChI=1S/C10H10BrFOS/c1-14-6-8(13)4-7-2-3-10(12)9(11)5-7/h2-3,5H,4,6H2,1H3. The summed E-state index contributed by atoms with van der Waals surface area (Å²) in [5.41, 5.74) is 0.845. The zero-order valence-corrected chi connectivity index (χ0v) is 10.1. The van der Waals surface area contributed by atoms with Crippen LogP contribution in [0.5, 0.6) is 0 Å². The van der Waals surface area contributed by atoms with Crippen molar-refractivity contribution in [3.63, 3.8) is 0 Å². The summed E-state index contributed by atoms with van der Waals surface area (Å²) in [6, 6.07) is 4.65. The minimum atomic E-state index is -0.300. The van der Waals surface area contributed by atoms with Crippen molar-refractivity contribution in [2.24, 2.45) is 0 Å². The van der Waals surface area contributed by atoms with Gasteiger partial charge in [0.05, 0.1) is 10.2 Å². The van der Waals surface area contributed by atoms with Gasteiger partial charge in [0.2, 0.25) is 0 Å². The summed E-state index contributed by atoms with van der Waals surface area (Å²) in [6.45, 7) is 0. The first-order valence-electron chi connectivity index (χ1n) is 4.08. The highest BCUT2D eigenvalue weighted by molar-refractivity contribution is 9.10. The molecule has 76 valence electrons. The summed E-state index contributed by atoms with van der Waals surface area (Å²) in [5.74, 6) is 0.372. The van der Waals surface area contributed by atoms with Crippen molar-refractivity contribution >= 4 is 33.5 Å². The molecule has 0 radical (unpaired) electrons. The van der Waals surface area contributed by atoms with Gasteiger partial charge in [0, 0.05) is 6.42 Å². The van der Waals surface area contributed by atoms with E-state index in [1.54, 1.807) is 12.1 Å². The molecule has 0 atom stereocenters. The van der Waals surface area contributed by atoms with E-state index in [0.717, 1.165) is 5.56 Å². The van der Waals surface area contributed by atoms with Crippen molar-refractivity contribution in [3.05, 3.63) is 34.1 Å². The maximum atomic E-state index is 12.8. The Kier molecular flexibility index (Phi) is 4.62. The van der Waals surface area contributed by atoms with Gasteiger partial charge in [-0.2, -0.15) is 11.8 Å². The molecule has 1 rings (SSSR count). The van der Waals surface area contributed by atoms with Gasteiger partial charge in [-0.05, 0) is 39.9 Å². The minimum Gasteiger partial charge on any atom is -0.298 e. The zero-order valence-electron chi connectivity index (χ0n) is 7.72. The second kappa shape index (κ2) is 5.51. The summed E-state index contributed by atoms with van der Waals surface area (Å²) in [6.07, 6.45) is 2.26. The lowest BCUT2D eigenvalue weighted by atomic mass is 10.1. The number of carbonyl (C=O) groups is 1. The quantitative estimate of drug-likeness (QED) is 0.841. The molecular formula is C10H10BrFOS. The molecule has 0 spiro atoms. The molecule has 0 bridgehead atoms. The van der Waals surface area contributed by atoms with Gasteiger partial charge in [-0.25, -0.2) is 4.39 Å². The first kappa shape index (κ1) is 11.7. The Labute approximate surface area is 95.2 Å². The Balaban J connectivity index is 2.68. The summed E-state index contributed by atoms with van der Waals surface area (Å²) in [5, 5.41) is 0. The van der Waals surface area contributed by atoms with Crippen molar-refractivity contribution in [1.29, 1.82) is 0 Å². The van der Waals surface area contributed by atoms with Crippen LogP contribution in [0.2, 0.25) is 0 Å². The number of hydrogen-bond acceptors (Lipinski definition) is 2. The van der Waals surface area contributed by atoms with Crippen LogP contribution in [0.25, 0.3) is 0 Å². The summed E-state index contributed by atoms with van der Waals surface area (Å²) in [4.78, 5) is 11.3. The number of thioether (sulfide) groups is 1. The molecule has 0 amide bonds. The van der Waals surface area contributed by atoms with E-state index < -0.39 is 0 Å². The van der Waals surface area contributed by atoms with E-state index in [-0.39, 0.29) is 11.6 Å². The van der Waals surface area contributed by atoms with E-state index in [9.17, 15) is 9.18 Å². The molecule has 1 aromatic carbocycles. The van der Waals surface area contributed by atoms with Gasteiger partial charge in [-0.15, -0.1) is 0 Å². The van der Waals surface area contributed by atoms with Crippen LogP contribution in [-0.4, -0.2) is 17.8 Å². The molecule has 14 heavy (non-hydrogen) atoms. The van der Waals surface area contributed by atoms with Crippen LogP contribution >= 0.6 is 27.7 Å². The highest BCUT2D eigenvalue weighted by Gasteiger charge is 2.05. The van der Waals surface area contributed by atoms with Crippen LogP contribution in [0.15, 0.2) is 22.7 Å². The van der Waals surface area contributed by atoms with E-state index in [4.69, 9.17) is 0 Å². The van der Waals surface area contributed by atoms with E-state index >= 15 is 0 Å². The molecule has 0 N–H and O–H groups in total. The van der Waals surface area contributed by atoms with E-state index in [1.807, 2.05) is 6.26 Å². The van der Waals surface area contributed by atoms with Gasteiger partial charge in [-0.1, -0.05) is 6.07 Å². The van der Waals surface area contributed by atoms with Gasteiger partial charge in [0.15, 0.2) is 0 Å². The molecule has 0 saturated carbocycles. The van der Waals surface area contributed by atoms with E-state index in [1.165, 1.54) is 17.8 Å². The Morgan fingerprint density at radius 3 is 2.86 bits per heavy atom. The third-order valence-corrected chi connectivity index (χ3v) is 2.91. The predicted octanol–water partition coefficient (Wildman–Crippen LogP) is 3.06. The lowest BCUT2D eigenvalue weighted by Gasteiger charge is -2.01. The number of benzene rings is 1. The van der Waals surface area contributed by atoms with Crippen LogP contribution in [0.3, 0.4) is 0 Å². The van der Waals surface area contributed by atoms with Crippen LogP contribution in [0, 0.1) is 5.82 Å². The number of halogens is 2. The molecule has 0 fully saturated rings. The Bertz CT molecular complexity index is 341. The SMILES string of the molecule is CSCC(=O)Cc1ccc(F)c(Br)c1. The highest BCUT2D eigenvalue weighted by atomic mass is 79.9. The van der Waals surface area contributed by atoms with Crippen molar-refractivity contribution in [2.75, 3.05) is 12.0 Å². The predicted molar refractivity (Wildman–Crippen MR) is 61.2 cm³/mol. The molecular weight excluding hydrogens is 267 g/mol. The molecule has 1 aromatic rings. The maximum absolute atomic E-state index is 12.8. The Hall–Kier alpha value is -0.350. The maximum Gasteiger partial charge on any atom is 0.147 e. The molecule has 0 aromatic heterocycles.